The second kappa shape index (κ2) is 10.0. The minimum Gasteiger partial charge on any atom is -0.489 e. The predicted octanol–water partition coefficient (Wildman–Crippen LogP) is 5.10. The SMILES string of the molecule is CC(=O)N1CCC(n2cc(-c3cnc(N)c4oc(-c5cccc(OCc6cccnc6)c5)cc34)cn2)CC1. The van der Waals surface area contributed by atoms with Crippen molar-refractivity contribution < 1.29 is 13.9 Å². The summed E-state index contributed by atoms with van der Waals surface area (Å²) >= 11 is 0. The van der Waals surface area contributed by atoms with Gasteiger partial charge in [0.2, 0.25) is 5.91 Å². The molecule has 1 amide bonds. The van der Waals surface area contributed by atoms with E-state index in [-0.39, 0.29) is 11.9 Å². The van der Waals surface area contributed by atoms with Crippen LogP contribution < -0.4 is 10.5 Å². The molecule has 38 heavy (non-hydrogen) atoms. The molecule has 1 aliphatic rings. The summed E-state index contributed by atoms with van der Waals surface area (Å²) in [5, 5.41) is 5.52. The number of pyridine rings is 2. The van der Waals surface area contributed by atoms with Crippen molar-refractivity contribution in [2.24, 2.45) is 0 Å². The number of hydrogen-bond acceptors (Lipinski definition) is 7. The zero-order chi connectivity index (χ0) is 26.1. The van der Waals surface area contributed by atoms with Gasteiger partial charge in [-0.25, -0.2) is 4.98 Å². The van der Waals surface area contributed by atoms with Gasteiger partial charge in [-0.15, -0.1) is 0 Å². The van der Waals surface area contributed by atoms with Crippen molar-refractivity contribution in [1.29, 1.82) is 0 Å². The number of carbonyl (C=O) groups is 1. The highest BCUT2D eigenvalue weighted by Gasteiger charge is 2.23. The Bertz CT molecular complexity index is 1580. The lowest BCUT2D eigenvalue weighted by Gasteiger charge is -2.31. The summed E-state index contributed by atoms with van der Waals surface area (Å²) in [6.07, 6.45) is 11.0. The van der Waals surface area contributed by atoms with Gasteiger partial charge in [0, 0.05) is 72.4 Å². The third-order valence-corrected chi connectivity index (χ3v) is 7.03. The van der Waals surface area contributed by atoms with Crippen molar-refractivity contribution in [2.75, 3.05) is 18.8 Å². The van der Waals surface area contributed by atoms with E-state index in [1.54, 1.807) is 25.5 Å². The van der Waals surface area contributed by atoms with Crippen LogP contribution in [0.5, 0.6) is 5.75 Å². The van der Waals surface area contributed by atoms with Crippen molar-refractivity contribution in [3.8, 4) is 28.2 Å². The molecule has 2 N–H and O–H groups in total. The lowest BCUT2D eigenvalue weighted by molar-refractivity contribution is -0.130. The monoisotopic (exact) mass is 508 g/mol. The Morgan fingerprint density at radius 2 is 1.97 bits per heavy atom. The van der Waals surface area contributed by atoms with Crippen LogP contribution in [0.15, 0.2) is 77.9 Å². The van der Waals surface area contributed by atoms with E-state index in [2.05, 4.69) is 15.1 Å². The lowest BCUT2D eigenvalue weighted by Crippen LogP contribution is -2.37. The number of nitrogens with two attached hydrogens (primary N) is 1. The van der Waals surface area contributed by atoms with Gasteiger partial charge in [0.15, 0.2) is 11.4 Å². The Kier molecular flexibility index (Phi) is 6.25. The third kappa shape index (κ3) is 4.70. The van der Waals surface area contributed by atoms with Crippen LogP contribution in [0.4, 0.5) is 5.82 Å². The Morgan fingerprint density at radius 3 is 2.76 bits per heavy atom. The number of anilines is 1. The van der Waals surface area contributed by atoms with E-state index in [4.69, 9.17) is 14.9 Å². The molecule has 0 atom stereocenters. The van der Waals surface area contributed by atoms with E-state index in [0.717, 1.165) is 59.3 Å². The fourth-order valence-electron chi connectivity index (χ4n) is 4.93. The lowest BCUT2D eigenvalue weighted by atomic mass is 10.0. The first-order valence-electron chi connectivity index (χ1n) is 12.7. The topological polar surface area (TPSA) is 112 Å². The number of fused-ring (bicyclic) bond motifs is 1. The van der Waals surface area contributed by atoms with Gasteiger partial charge in [-0.05, 0) is 37.1 Å². The number of aromatic nitrogens is 4. The molecular formula is C29H28N6O3. The highest BCUT2D eigenvalue weighted by atomic mass is 16.5. The normalized spacial score (nSPS) is 14.2. The molecule has 1 aromatic carbocycles. The van der Waals surface area contributed by atoms with Crippen molar-refractivity contribution in [3.63, 3.8) is 0 Å². The van der Waals surface area contributed by atoms with Crippen LogP contribution >= 0.6 is 0 Å². The summed E-state index contributed by atoms with van der Waals surface area (Å²) in [6.45, 7) is 3.55. The van der Waals surface area contributed by atoms with Crippen LogP contribution in [0.25, 0.3) is 33.4 Å². The highest BCUT2D eigenvalue weighted by molar-refractivity contribution is 6.00. The molecule has 9 nitrogen and oxygen atoms in total. The van der Waals surface area contributed by atoms with Crippen molar-refractivity contribution in [1.82, 2.24) is 24.6 Å². The molecular weight excluding hydrogens is 480 g/mol. The molecule has 5 aromatic rings. The Hall–Kier alpha value is -4.66. The molecule has 0 spiro atoms. The quantitative estimate of drug-likeness (QED) is 0.340. The number of furan rings is 1. The number of amides is 1. The summed E-state index contributed by atoms with van der Waals surface area (Å²) in [4.78, 5) is 22.1. The van der Waals surface area contributed by atoms with Gasteiger partial charge in [0.1, 0.15) is 18.1 Å². The molecule has 9 heteroatoms. The van der Waals surface area contributed by atoms with Crippen LogP contribution in [0.1, 0.15) is 31.4 Å². The molecule has 4 aromatic heterocycles. The van der Waals surface area contributed by atoms with Crippen LogP contribution in [-0.2, 0) is 11.4 Å². The van der Waals surface area contributed by atoms with Gasteiger partial charge in [-0.3, -0.25) is 14.5 Å². The summed E-state index contributed by atoms with van der Waals surface area (Å²) in [7, 11) is 0. The number of likely N-dealkylation sites (tertiary alicyclic amines) is 1. The minimum atomic E-state index is 0.126. The zero-order valence-electron chi connectivity index (χ0n) is 21.1. The maximum Gasteiger partial charge on any atom is 0.219 e. The van der Waals surface area contributed by atoms with Gasteiger partial charge >= 0.3 is 0 Å². The van der Waals surface area contributed by atoms with Crippen LogP contribution in [0.2, 0.25) is 0 Å². The predicted molar refractivity (Wildman–Crippen MR) is 144 cm³/mol. The fourth-order valence-corrected chi connectivity index (χ4v) is 4.93. The first-order chi connectivity index (χ1) is 18.5. The average Bonchev–Trinajstić information content (AvgIpc) is 3.62. The Balaban J connectivity index is 1.26. The van der Waals surface area contributed by atoms with Gasteiger partial charge in [0.25, 0.3) is 0 Å². The van der Waals surface area contributed by atoms with Crippen molar-refractivity contribution >= 4 is 22.7 Å². The summed E-state index contributed by atoms with van der Waals surface area (Å²) in [6, 6.07) is 13.9. The number of piperidine rings is 1. The number of nitrogen functional groups attached to an aromatic ring is 1. The first-order valence-corrected chi connectivity index (χ1v) is 12.7. The number of benzene rings is 1. The van der Waals surface area contributed by atoms with Gasteiger partial charge in [-0.2, -0.15) is 5.10 Å². The highest BCUT2D eigenvalue weighted by Crippen LogP contribution is 2.37. The van der Waals surface area contributed by atoms with E-state index in [1.807, 2.05) is 64.4 Å². The van der Waals surface area contributed by atoms with Gasteiger partial charge in [0.05, 0.1) is 12.2 Å². The number of carbonyl (C=O) groups excluding carboxylic acids is 1. The second-order valence-corrected chi connectivity index (χ2v) is 9.53. The molecule has 192 valence electrons. The van der Waals surface area contributed by atoms with E-state index in [9.17, 15) is 4.79 Å². The van der Waals surface area contributed by atoms with E-state index >= 15 is 0 Å². The summed E-state index contributed by atoms with van der Waals surface area (Å²) in [5.41, 5.74) is 10.5. The maximum absolute atomic E-state index is 11.7. The molecule has 5 heterocycles. The minimum absolute atomic E-state index is 0.126. The van der Waals surface area contributed by atoms with Crippen LogP contribution in [-0.4, -0.2) is 43.6 Å². The fraction of sp³-hybridized carbons (Fsp3) is 0.241. The largest absolute Gasteiger partial charge is 0.489 e. The molecule has 0 aliphatic carbocycles. The van der Waals surface area contributed by atoms with Crippen LogP contribution in [0.3, 0.4) is 0 Å². The van der Waals surface area contributed by atoms with E-state index in [0.29, 0.717) is 23.8 Å². The maximum atomic E-state index is 11.7. The van der Waals surface area contributed by atoms with E-state index < -0.39 is 0 Å². The third-order valence-electron chi connectivity index (χ3n) is 7.03. The summed E-state index contributed by atoms with van der Waals surface area (Å²) in [5.74, 6) is 1.87. The Morgan fingerprint density at radius 1 is 1.11 bits per heavy atom. The molecule has 1 aliphatic heterocycles. The molecule has 1 saturated heterocycles. The molecule has 0 bridgehead atoms. The summed E-state index contributed by atoms with van der Waals surface area (Å²) < 4.78 is 14.2. The molecule has 6 rings (SSSR count). The van der Waals surface area contributed by atoms with Crippen LogP contribution in [0, 0.1) is 0 Å². The molecule has 0 saturated carbocycles. The smallest absolute Gasteiger partial charge is 0.219 e. The molecule has 0 unspecified atom stereocenters. The standard InChI is InChI=1S/C29H28N6O3/c1-19(36)34-10-7-23(8-11-34)35-17-22(15-33-35)26-16-32-29(30)28-25(26)13-27(38-28)21-5-2-6-24(12-21)37-18-20-4-3-9-31-14-20/h2-6,9,12-17,23H,7-8,10-11,18H2,1H3,(H2,30,32). The second-order valence-electron chi connectivity index (χ2n) is 9.53. The van der Waals surface area contributed by atoms with E-state index in [1.165, 1.54) is 0 Å². The number of nitrogens with zero attached hydrogens (tertiary/aromatic N) is 5. The zero-order valence-corrected chi connectivity index (χ0v) is 21.1. The number of hydrogen-bond donors (Lipinski definition) is 1. The molecule has 0 radical (unpaired) electrons. The number of rotatable bonds is 6. The van der Waals surface area contributed by atoms with Crippen molar-refractivity contribution in [2.45, 2.75) is 32.4 Å². The first kappa shape index (κ1) is 23.7. The van der Waals surface area contributed by atoms with Crippen molar-refractivity contribution in [3.05, 3.63) is 79.0 Å². The number of ether oxygens (including phenoxy) is 1. The Labute approximate surface area is 219 Å². The van der Waals surface area contributed by atoms with Gasteiger partial charge in [-0.1, -0.05) is 18.2 Å². The van der Waals surface area contributed by atoms with Gasteiger partial charge < -0.3 is 19.8 Å². The molecule has 1 fully saturated rings. The average molecular weight is 509 g/mol.